The number of allylic oxidation sites excluding steroid dienone is 1. The second kappa shape index (κ2) is 5.70. The number of nitrogens with zero attached hydrogens (tertiary/aromatic N) is 1. The number of hydrogen-bond acceptors (Lipinski definition) is 4. The van der Waals surface area contributed by atoms with Crippen molar-refractivity contribution in [2.45, 2.75) is 26.3 Å². The predicted molar refractivity (Wildman–Crippen MR) is 74.8 cm³/mol. The van der Waals surface area contributed by atoms with Crippen molar-refractivity contribution < 1.29 is 19.5 Å². The Balaban J connectivity index is 2.06. The van der Waals surface area contributed by atoms with Crippen LogP contribution >= 0.6 is 11.8 Å². The average Bonchev–Trinajstić information content (AvgIpc) is 2.70. The minimum atomic E-state index is -1.07. The molecule has 1 fully saturated rings. The van der Waals surface area contributed by atoms with Gasteiger partial charge in [-0.2, -0.15) is 0 Å². The van der Waals surface area contributed by atoms with Crippen molar-refractivity contribution in [1.29, 1.82) is 0 Å². The van der Waals surface area contributed by atoms with Gasteiger partial charge in [-0.15, -0.1) is 11.8 Å². The second-order valence-electron chi connectivity index (χ2n) is 4.55. The Morgan fingerprint density at radius 1 is 1.55 bits per heavy atom. The maximum Gasteiger partial charge on any atom is 0.353 e. The van der Waals surface area contributed by atoms with Gasteiger partial charge >= 0.3 is 5.97 Å². The molecular formula is C13H16N2O4S. The Labute approximate surface area is 120 Å². The van der Waals surface area contributed by atoms with Crippen LogP contribution in [0.3, 0.4) is 0 Å². The molecule has 7 heteroatoms. The van der Waals surface area contributed by atoms with Gasteiger partial charge < -0.3 is 10.4 Å². The quantitative estimate of drug-likeness (QED) is 0.443. The van der Waals surface area contributed by atoms with Crippen LogP contribution in [0.25, 0.3) is 0 Å². The van der Waals surface area contributed by atoms with Crippen LogP contribution in [-0.2, 0) is 14.4 Å². The number of carbonyl (C=O) groups is 3. The smallest absolute Gasteiger partial charge is 0.353 e. The van der Waals surface area contributed by atoms with E-state index in [9.17, 15) is 19.5 Å². The number of fused-ring (bicyclic) bond motifs is 1. The molecule has 108 valence electrons. The van der Waals surface area contributed by atoms with Crippen molar-refractivity contribution in [3.63, 3.8) is 0 Å². The molecule has 2 aliphatic rings. The number of β-lactam (4-membered cyclic amide) rings is 1. The molecule has 2 N–H and O–H groups in total. The van der Waals surface area contributed by atoms with Gasteiger partial charge in [-0.3, -0.25) is 14.5 Å². The molecule has 0 aliphatic carbocycles. The third-order valence-electron chi connectivity index (χ3n) is 3.29. The van der Waals surface area contributed by atoms with Crippen LogP contribution in [-0.4, -0.2) is 46.1 Å². The zero-order valence-electron chi connectivity index (χ0n) is 11.3. The summed E-state index contributed by atoms with van der Waals surface area (Å²) in [5.41, 5.74) is 0.777. The van der Waals surface area contributed by atoms with E-state index >= 15 is 0 Å². The number of carboxylic acid groups (broad SMARTS) is 1. The van der Waals surface area contributed by atoms with Crippen LogP contribution in [0.4, 0.5) is 0 Å². The van der Waals surface area contributed by atoms with E-state index in [1.54, 1.807) is 13.0 Å². The van der Waals surface area contributed by atoms with E-state index in [0.29, 0.717) is 29.2 Å². The zero-order chi connectivity index (χ0) is 14.9. The van der Waals surface area contributed by atoms with Gasteiger partial charge in [0.25, 0.3) is 5.91 Å². The summed E-state index contributed by atoms with van der Waals surface area (Å²) in [7, 11) is 0. The summed E-state index contributed by atoms with van der Waals surface area (Å²) in [5, 5.41) is 11.9. The largest absolute Gasteiger partial charge is 0.477 e. The molecule has 0 aromatic rings. The van der Waals surface area contributed by atoms with Crippen molar-refractivity contribution >= 4 is 29.5 Å². The van der Waals surface area contributed by atoms with Gasteiger partial charge in [0.2, 0.25) is 5.91 Å². The summed E-state index contributed by atoms with van der Waals surface area (Å²) in [4.78, 5) is 36.0. The van der Waals surface area contributed by atoms with Crippen LogP contribution in [0.5, 0.6) is 0 Å². The van der Waals surface area contributed by atoms with E-state index < -0.39 is 5.97 Å². The van der Waals surface area contributed by atoms with Gasteiger partial charge in [-0.05, 0) is 6.92 Å². The van der Waals surface area contributed by atoms with Crippen molar-refractivity contribution in [1.82, 2.24) is 10.2 Å². The number of thioether (sulfide) groups is 1. The summed E-state index contributed by atoms with van der Waals surface area (Å²) < 4.78 is 0. The van der Waals surface area contributed by atoms with Crippen molar-refractivity contribution in [3.05, 3.63) is 22.3 Å². The molecule has 1 unspecified atom stereocenters. The van der Waals surface area contributed by atoms with Crippen LogP contribution in [0.15, 0.2) is 22.3 Å². The molecule has 0 saturated carbocycles. The fourth-order valence-electron chi connectivity index (χ4n) is 2.43. The number of hydrogen-bond donors (Lipinski definition) is 2. The highest BCUT2D eigenvalue weighted by Crippen LogP contribution is 2.45. The molecule has 20 heavy (non-hydrogen) atoms. The monoisotopic (exact) mass is 296 g/mol. The van der Waals surface area contributed by atoms with Gasteiger partial charge in [0.05, 0.1) is 6.04 Å². The molecule has 0 aromatic carbocycles. The van der Waals surface area contributed by atoms with Crippen LogP contribution in [0.1, 0.15) is 20.3 Å². The lowest BCUT2D eigenvalue weighted by atomic mass is 9.94. The highest BCUT2D eigenvalue weighted by atomic mass is 32.2. The number of nitrogens with one attached hydrogen (secondary N) is 1. The summed E-state index contributed by atoms with van der Waals surface area (Å²) in [6, 6.07) is -0.123. The van der Waals surface area contributed by atoms with E-state index in [2.05, 4.69) is 5.32 Å². The maximum atomic E-state index is 11.8. The van der Waals surface area contributed by atoms with Crippen molar-refractivity contribution in [2.24, 2.45) is 0 Å². The Hall–Kier alpha value is -1.76. The van der Waals surface area contributed by atoms with E-state index in [1.165, 1.54) is 23.6 Å². The molecule has 2 aliphatic heterocycles. The molecule has 0 spiro atoms. The Morgan fingerprint density at radius 3 is 2.80 bits per heavy atom. The van der Waals surface area contributed by atoms with Gasteiger partial charge in [0.15, 0.2) is 0 Å². The van der Waals surface area contributed by atoms with Gasteiger partial charge in [-0.25, -0.2) is 4.79 Å². The molecule has 0 aromatic heterocycles. The molecule has 0 bridgehead atoms. The summed E-state index contributed by atoms with van der Waals surface area (Å²) in [6.07, 6.45) is 2.30. The van der Waals surface area contributed by atoms with E-state index in [-0.39, 0.29) is 23.6 Å². The predicted octanol–water partition coefficient (Wildman–Crippen LogP) is 0.713. The van der Waals surface area contributed by atoms with E-state index in [4.69, 9.17) is 0 Å². The first kappa shape index (κ1) is 14.6. The van der Waals surface area contributed by atoms with E-state index in [0.717, 1.165) is 0 Å². The minimum Gasteiger partial charge on any atom is -0.477 e. The molecule has 0 radical (unpaired) electrons. The first-order valence-corrected chi connectivity index (χ1v) is 7.29. The highest BCUT2D eigenvalue weighted by Gasteiger charge is 2.51. The topological polar surface area (TPSA) is 86.7 Å². The molecule has 2 amide bonds. The second-order valence-corrected chi connectivity index (χ2v) is 5.74. The standard InChI is InChI=1S/C13H16N2O4S/c1-3-8-9-6-10(20-5-4-14-7(2)16)11(13(18)19)15(9)12(8)17/h3,9H,4-6H2,1-2H3,(H,14,16)(H,18,19). The molecule has 2 heterocycles. The molecule has 2 rings (SSSR count). The van der Waals surface area contributed by atoms with Crippen LogP contribution < -0.4 is 5.32 Å². The number of amides is 2. The first-order chi connectivity index (χ1) is 9.47. The average molecular weight is 296 g/mol. The zero-order valence-corrected chi connectivity index (χ0v) is 12.1. The summed E-state index contributed by atoms with van der Waals surface area (Å²) >= 11 is 1.39. The highest BCUT2D eigenvalue weighted by molar-refractivity contribution is 8.03. The van der Waals surface area contributed by atoms with Gasteiger partial charge in [-0.1, -0.05) is 6.08 Å². The third-order valence-corrected chi connectivity index (χ3v) is 4.40. The number of rotatable bonds is 5. The number of carbonyl (C=O) groups excluding carboxylic acids is 2. The Kier molecular flexibility index (Phi) is 4.17. The normalized spacial score (nSPS) is 22.9. The summed E-state index contributed by atoms with van der Waals surface area (Å²) in [5.74, 6) is -0.809. The molecular weight excluding hydrogens is 280 g/mol. The lowest BCUT2D eigenvalue weighted by Crippen LogP contribution is -2.52. The summed E-state index contributed by atoms with van der Waals surface area (Å²) in [6.45, 7) is 3.70. The lowest BCUT2D eigenvalue weighted by Gasteiger charge is -2.37. The SMILES string of the molecule is CC=C1C(=O)N2C(C(=O)O)=C(SCCNC(C)=O)CC12. The van der Waals surface area contributed by atoms with Gasteiger partial charge in [0.1, 0.15) is 5.70 Å². The fraction of sp³-hybridized carbons (Fsp3) is 0.462. The molecule has 1 saturated heterocycles. The first-order valence-electron chi connectivity index (χ1n) is 6.30. The van der Waals surface area contributed by atoms with E-state index in [1.807, 2.05) is 0 Å². The number of aliphatic carboxylic acids is 1. The fourth-order valence-corrected chi connectivity index (χ4v) is 3.48. The lowest BCUT2D eigenvalue weighted by molar-refractivity contribution is -0.142. The third kappa shape index (κ3) is 2.45. The van der Waals surface area contributed by atoms with Crippen LogP contribution in [0, 0.1) is 0 Å². The minimum absolute atomic E-state index is 0.0958. The Bertz CT molecular complexity index is 538. The van der Waals surface area contributed by atoms with Crippen molar-refractivity contribution in [3.8, 4) is 0 Å². The Morgan fingerprint density at radius 2 is 2.25 bits per heavy atom. The molecule has 6 nitrogen and oxygen atoms in total. The number of carboxylic acids is 1. The molecule has 1 atom stereocenters. The van der Waals surface area contributed by atoms with Gasteiger partial charge in [0, 0.05) is 36.1 Å². The van der Waals surface area contributed by atoms with Crippen molar-refractivity contribution in [2.75, 3.05) is 12.3 Å². The van der Waals surface area contributed by atoms with Crippen LogP contribution in [0.2, 0.25) is 0 Å². The maximum absolute atomic E-state index is 11.8.